The smallest absolute Gasteiger partial charge is 0.316 e. The maximum atomic E-state index is 12.8. The molecule has 0 aliphatic carbocycles. The van der Waals surface area contributed by atoms with Gasteiger partial charge in [0.1, 0.15) is 28.5 Å². The number of aromatic hydroxyl groups is 2. The van der Waals surface area contributed by atoms with Crippen LogP contribution < -0.4 is 10.2 Å². The Labute approximate surface area is 663 Å². The summed E-state index contributed by atoms with van der Waals surface area (Å²) in [6.07, 6.45) is 6.83. The average Bonchev–Trinajstić information content (AvgIpc) is 0.968. The molecule has 10 rings (SSSR count). The van der Waals surface area contributed by atoms with E-state index in [1.165, 1.54) is 39.6 Å². The lowest BCUT2D eigenvalue weighted by molar-refractivity contribution is -0.166. The van der Waals surface area contributed by atoms with Crippen molar-refractivity contribution in [2.45, 2.75) is 259 Å². The number of hydrogen-bond acceptors (Lipinski definition) is 12. The molecule has 111 heavy (non-hydrogen) atoms. The van der Waals surface area contributed by atoms with Crippen molar-refractivity contribution in [2.75, 3.05) is 0 Å². The van der Waals surface area contributed by atoms with E-state index >= 15 is 0 Å². The number of carbonyl (C=O) groups excluding carboxylic acids is 6. The van der Waals surface area contributed by atoms with Crippen LogP contribution in [0.4, 0.5) is 0 Å². The third kappa shape index (κ3) is 28.7. The summed E-state index contributed by atoms with van der Waals surface area (Å²) in [4.78, 5) is 85.1. The van der Waals surface area contributed by atoms with Gasteiger partial charge in [0.05, 0.1) is 50.5 Å². The number of fused-ring (bicyclic) bond motifs is 3. The molecule has 0 fully saturated rings. The molecule has 8 aromatic carbocycles. The molecule has 2 N–H and O–H groups in total. The number of para-hydroxylation sites is 3. The highest BCUT2D eigenvalue weighted by Crippen LogP contribution is 2.31. The number of pyridine rings is 1. The quantitative estimate of drug-likeness (QED) is 0.0241. The van der Waals surface area contributed by atoms with E-state index in [9.17, 15) is 33.6 Å². The number of phenolic OH excluding ortho intramolecular Hbond substituents is 2. The Morgan fingerprint density at radius 2 is 0.676 bits per heavy atom. The summed E-state index contributed by atoms with van der Waals surface area (Å²) in [6.45, 7) is 48.6. The van der Waals surface area contributed by atoms with E-state index in [2.05, 4.69) is 96.4 Å². The molecule has 14 heteroatoms. The van der Waals surface area contributed by atoms with Crippen molar-refractivity contribution in [3.05, 3.63) is 254 Å². The second-order valence-electron chi connectivity index (χ2n) is 32.8. The molecule has 0 bridgehead atoms. The van der Waals surface area contributed by atoms with Gasteiger partial charge in [0.2, 0.25) is 0 Å². The Hall–Kier alpha value is -9.95. The number of Topliss-reactive ketones (excluding diaryl/α,β-unsaturated/α-hetero) is 1. The first kappa shape index (κ1) is 93.4. The van der Waals surface area contributed by atoms with Crippen molar-refractivity contribution in [1.29, 1.82) is 0 Å². The average molecular weight is 1510 g/mol. The summed E-state index contributed by atoms with van der Waals surface area (Å²) in [5.41, 5.74) is 9.02. The van der Waals surface area contributed by atoms with Crippen molar-refractivity contribution >= 4 is 57.3 Å². The van der Waals surface area contributed by atoms with E-state index in [0.29, 0.717) is 70.6 Å². The number of ether oxygens (including phenoxy) is 3. The molecule has 0 saturated heterocycles. The van der Waals surface area contributed by atoms with E-state index in [4.69, 9.17) is 24.4 Å². The number of phenols is 2. The molecule has 0 saturated carbocycles. The summed E-state index contributed by atoms with van der Waals surface area (Å²) in [7, 11) is 0. The van der Waals surface area contributed by atoms with Crippen LogP contribution in [-0.4, -0.2) is 66.4 Å². The Balaban J connectivity index is 0.000000281. The molecule has 2 amide bonds. The molecule has 9 aromatic rings. The van der Waals surface area contributed by atoms with E-state index in [0.717, 1.165) is 72.4 Å². The monoisotopic (exact) mass is 1510 g/mol. The number of ketones is 1. The largest absolute Gasteiger partial charge is 0.508 e. The fourth-order valence-electron chi connectivity index (χ4n) is 10.8. The molecule has 0 spiro atoms. The first-order valence-electron chi connectivity index (χ1n) is 39.5. The molecule has 1 aliphatic heterocycles. The van der Waals surface area contributed by atoms with Crippen LogP contribution in [0.15, 0.2) is 199 Å². The second kappa shape index (κ2) is 43.0. The fraction of sp³-hybridized carbons (Fsp3) is 0.433. The molecule has 0 radical (unpaired) electrons. The predicted octanol–water partition coefficient (Wildman–Crippen LogP) is 24.3. The minimum Gasteiger partial charge on any atom is -0.508 e. The van der Waals surface area contributed by atoms with Crippen molar-refractivity contribution < 1.29 is 53.2 Å². The lowest BCUT2D eigenvalue weighted by atomic mass is 9.90. The van der Waals surface area contributed by atoms with Crippen molar-refractivity contribution in [3.63, 3.8) is 0 Å². The Bertz CT molecular complexity index is 4330. The fourth-order valence-corrected chi connectivity index (χ4v) is 10.8. The van der Waals surface area contributed by atoms with Gasteiger partial charge < -0.3 is 29.0 Å². The molecule has 4 atom stereocenters. The highest BCUT2D eigenvalue weighted by atomic mass is 16.6. The van der Waals surface area contributed by atoms with Crippen LogP contribution in [0.1, 0.15) is 299 Å². The number of rotatable bonds is 20. The third-order valence-electron chi connectivity index (χ3n) is 20.5. The topological polar surface area (TPSA) is 196 Å². The second-order valence-corrected chi connectivity index (χ2v) is 32.8. The summed E-state index contributed by atoms with van der Waals surface area (Å²) < 4.78 is 18.1. The SMILES string of the molecule is CCC(C)(C)C(=O)OC(C)(C)C.CCC(C)(C)C(=O)OC(C)(C)C.CCC(C)(C)C(=O)Oc1ccccc1C(C)=O.CCC(C)c1ccc(CN2C(=O)c3ccccc3C2=O)cc1.CCC(C)c1ccc(Cn2c3ccccc3c(=O)c3ccccc32)cc1.CCC(C)c1ccc(O)cc1.CCC(C)c1ccc(O)cc1. The molecule has 1 aromatic heterocycles. The number of hydrogen-bond donors (Lipinski definition) is 2. The predicted molar refractivity (Wildman–Crippen MR) is 455 cm³/mol. The van der Waals surface area contributed by atoms with Gasteiger partial charge in [-0.25, -0.2) is 0 Å². The zero-order chi connectivity index (χ0) is 83.4. The molecule has 4 unspecified atom stereocenters. The van der Waals surface area contributed by atoms with Gasteiger partial charge in [-0.3, -0.25) is 38.5 Å². The minimum absolute atomic E-state index is 0.109. The van der Waals surface area contributed by atoms with Crippen molar-refractivity contribution in [3.8, 4) is 17.2 Å². The number of carbonyl (C=O) groups is 6. The van der Waals surface area contributed by atoms with Gasteiger partial charge in [-0.15, -0.1) is 0 Å². The lowest BCUT2D eigenvalue weighted by Gasteiger charge is -2.27. The number of benzene rings is 8. The first-order chi connectivity index (χ1) is 52.0. The van der Waals surface area contributed by atoms with Crippen molar-refractivity contribution in [2.24, 2.45) is 16.2 Å². The maximum absolute atomic E-state index is 12.8. The third-order valence-corrected chi connectivity index (χ3v) is 20.5. The van der Waals surface area contributed by atoms with Crippen molar-refractivity contribution in [1.82, 2.24) is 9.47 Å². The van der Waals surface area contributed by atoms with Gasteiger partial charge in [-0.05, 0) is 265 Å². The van der Waals surface area contributed by atoms with Crippen LogP contribution >= 0.6 is 0 Å². The Morgan fingerprint density at radius 1 is 0.378 bits per heavy atom. The van der Waals surface area contributed by atoms with E-state index < -0.39 is 5.41 Å². The van der Waals surface area contributed by atoms with E-state index in [1.54, 1.807) is 72.8 Å². The zero-order valence-electron chi connectivity index (χ0n) is 71.0. The number of esters is 3. The summed E-state index contributed by atoms with van der Waals surface area (Å²) in [5, 5.41) is 19.6. The Kier molecular flexibility index (Phi) is 36.2. The lowest BCUT2D eigenvalue weighted by Crippen LogP contribution is -2.33. The van der Waals surface area contributed by atoms with Gasteiger partial charge >= 0.3 is 17.9 Å². The van der Waals surface area contributed by atoms with Gasteiger partial charge in [-0.2, -0.15) is 0 Å². The van der Waals surface area contributed by atoms with Gasteiger partial charge in [0.15, 0.2) is 11.2 Å². The van der Waals surface area contributed by atoms with Gasteiger partial charge in [-0.1, -0.05) is 197 Å². The van der Waals surface area contributed by atoms with Crippen LogP contribution in [0.5, 0.6) is 17.2 Å². The number of amides is 2. The standard InChI is InChI=1S/C24H23NO.C19H19NO2.C14H18O3.2C10H20O2.2C10H14O/c1-3-17(2)19-14-12-18(13-15-19)16-25-22-10-6-4-8-20(22)24(26)21-9-5-7-11-23(21)25;1-3-13(2)15-10-8-14(9-11-15)12-20-18(21)16-6-4-5-7-17(16)19(20)22;1-5-14(3,4)13(16)17-12-9-7-6-8-11(12)10(2)15;2*1-7-10(5,6)8(11)12-9(2,3)4;2*1-3-8(2)9-4-6-10(11)7-5-9/h4-15,17H,3,16H2,1-2H3;4-11,13H,3,12H2,1-2H3;6-9H,5H2,1-4H3;2*7H2,1-6H3;2*4-8,11H,3H2,1-2H3. The maximum Gasteiger partial charge on any atom is 0.316 e. The highest BCUT2D eigenvalue weighted by Gasteiger charge is 2.36. The van der Waals surface area contributed by atoms with E-state index in [1.807, 2.05) is 189 Å². The number of imide groups is 1. The van der Waals surface area contributed by atoms with Crippen LogP contribution in [0.2, 0.25) is 0 Å². The normalized spacial score (nSPS) is 13.0. The van der Waals surface area contributed by atoms with Crippen LogP contribution in [-0.2, 0) is 36.9 Å². The summed E-state index contributed by atoms with van der Waals surface area (Å²) >= 11 is 0. The molecular formula is C97H128N2O12. The van der Waals surface area contributed by atoms with Crippen LogP contribution in [0.25, 0.3) is 21.8 Å². The van der Waals surface area contributed by atoms with Gasteiger partial charge in [0, 0.05) is 17.3 Å². The molecule has 1 aliphatic rings. The van der Waals surface area contributed by atoms with Crippen LogP contribution in [0, 0.1) is 16.2 Å². The highest BCUT2D eigenvalue weighted by molar-refractivity contribution is 6.21. The number of aromatic nitrogens is 1. The summed E-state index contributed by atoms with van der Waals surface area (Å²) in [6, 6.07) is 61.5. The first-order valence-corrected chi connectivity index (χ1v) is 39.5. The van der Waals surface area contributed by atoms with Crippen LogP contribution in [0.3, 0.4) is 0 Å². The minimum atomic E-state index is -0.538. The molecule has 598 valence electrons. The number of nitrogens with zero attached hydrogens (tertiary/aromatic N) is 2. The molecule has 2 heterocycles. The molecular weight excluding hydrogens is 1390 g/mol. The van der Waals surface area contributed by atoms with Gasteiger partial charge in [0.25, 0.3) is 11.8 Å². The summed E-state index contributed by atoms with van der Waals surface area (Å²) in [5.74, 6) is 2.27. The molecule has 14 nitrogen and oxygen atoms in total. The van der Waals surface area contributed by atoms with E-state index in [-0.39, 0.29) is 63.0 Å². The Morgan fingerprint density at radius 3 is 1.00 bits per heavy atom. The zero-order valence-corrected chi connectivity index (χ0v) is 71.0.